The molecule has 0 aliphatic heterocycles. The molecule has 3 nitrogen and oxygen atoms in total. The van der Waals surface area contributed by atoms with Gasteiger partial charge in [-0.05, 0) is 35.4 Å². The zero-order valence-corrected chi connectivity index (χ0v) is 15.9. The smallest absolute Gasteiger partial charge is 0.136 e. The minimum Gasteiger partial charge on any atom is -0.360 e. The molecule has 0 aliphatic carbocycles. The second-order valence-corrected chi connectivity index (χ2v) is 7.20. The third-order valence-corrected chi connectivity index (χ3v) is 5.37. The standard InChI is InChI=1S/C23H16FN3S/c1-15-9-10-18(24)11-21(15)26-13-17(12-25)23-27-22(14-28-23)20-8-4-6-16-5-2-3-7-19(16)20/h2-11,13-14,26H,1H3/b17-13+. The fourth-order valence-electron chi connectivity index (χ4n) is 3.01. The Bertz CT molecular complexity index is 1230. The number of halogens is 1. The van der Waals surface area contributed by atoms with Crippen LogP contribution in [-0.4, -0.2) is 4.98 Å². The number of nitrogens with zero attached hydrogens (tertiary/aromatic N) is 2. The molecule has 4 aromatic rings. The molecule has 1 N–H and O–H groups in total. The molecule has 0 unspecified atom stereocenters. The van der Waals surface area contributed by atoms with Crippen LogP contribution >= 0.6 is 11.3 Å². The Balaban J connectivity index is 1.67. The van der Waals surface area contributed by atoms with Crippen LogP contribution in [0.15, 0.2) is 72.2 Å². The van der Waals surface area contributed by atoms with E-state index < -0.39 is 0 Å². The molecule has 136 valence electrons. The Hall–Kier alpha value is -3.49. The second kappa shape index (κ2) is 7.63. The van der Waals surface area contributed by atoms with Crippen LogP contribution < -0.4 is 5.32 Å². The Labute approximate surface area is 166 Å². The highest BCUT2D eigenvalue weighted by Gasteiger charge is 2.11. The highest BCUT2D eigenvalue weighted by atomic mass is 32.1. The van der Waals surface area contributed by atoms with Crippen LogP contribution in [0.4, 0.5) is 10.1 Å². The van der Waals surface area contributed by atoms with Gasteiger partial charge in [0.05, 0.1) is 5.69 Å². The molecular formula is C23H16FN3S. The van der Waals surface area contributed by atoms with Crippen molar-refractivity contribution in [3.05, 3.63) is 88.6 Å². The summed E-state index contributed by atoms with van der Waals surface area (Å²) in [4.78, 5) is 4.67. The van der Waals surface area contributed by atoms with E-state index in [0.717, 1.165) is 27.6 Å². The molecule has 28 heavy (non-hydrogen) atoms. The normalized spacial score (nSPS) is 11.4. The third kappa shape index (κ3) is 3.51. The first-order chi connectivity index (χ1) is 13.7. The summed E-state index contributed by atoms with van der Waals surface area (Å²) in [5.41, 5.74) is 3.79. The number of benzene rings is 3. The van der Waals surface area contributed by atoms with E-state index in [9.17, 15) is 9.65 Å². The van der Waals surface area contributed by atoms with Crippen molar-refractivity contribution in [3.8, 4) is 17.3 Å². The quantitative estimate of drug-likeness (QED) is 0.414. The van der Waals surface area contributed by atoms with Crippen LogP contribution in [0, 0.1) is 24.1 Å². The Kier molecular flexibility index (Phi) is 4.88. The van der Waals surface area contributed by atoms with Gasteiger partial charge < -0.3 is 5.32 Å². The van der Waals surface area contributed by atoms with E-state index >= 15 is 0 Å². The van der Waals surface area contributed by atoms with Crippen molar-refractivity contribution >= 4 is 33.4 Å². The summed E-state index contributed by atoms with van der Waals surface area (Å²) in [6.45, 7) is 1.88. The summed E-state index contributed by atoms with van der Waals surface area (Å²) >= 11 is 1.41. The Morgan fingerprint density at radius 2 is 1.96 bits per heavy atom. The lowest BCUT2D eigenvalue weighted by molar-refractivity contribution is 0.628. The summed E-state index contributed by atoms with van der Waals surface area (Å²) in [6.07, 6.45) is 1.58. The number of aryl methyl sites for hydroxylation is 1. The van der Waals surface area contributed by atoms with Gasteiger partial charge in [0.2, 0.25) is 0 Å². The SMILES string of the molecule is Cc1ccc(F)cc1N/C=C(\C#N)c1nc(-c2cccc3ccccc23)cs1. The summed E-state index contributed by atoms with van der Waals surface area (Å²) in [7, 11) is 0. The van der Waals surface area contributed by atoms with Gasteiger partial charge in [-0.15, -0.1) is 11.3 Å². The van der Waals surface area contributed by atoms with E-state index in [-0.39, 0.29) is 5.82 Å². The molecule has 3 aromatic carbocycles. The van der Waals surface area contributed by atoms with E-state index in [1.54, 1.807) is 12.3 Å². The molecule has 0 amide bonds. The highest BCUT2D eigenvalue weighted by Crippen LogP contribution is 2.31. The molecule has 0 saturated heterocycles. The molecule has 0 radical (unpaired) electrons. The maximum absolute atomic E-state index is 13.5. The number of hydrogen-bond donors (Lipinski definition) is 1. The van der Waals surface area contributed by atoms with Gasteiger partial charge >= 0.3 is 0 Å². The number of rotatable bonds is 4. The second-order valence-electron chi connectivity index (χ2n) is 6.34. The lowest BCUT2D eigenvalue weighted by Crippen LogP contribution is -1.94. The van der Waals surface area contributed by atoms with E-state index in [4.69, 9.17) is 0 Å². The van der Waals surface area contributed by atoms with Gasteiger partial charge in [0, 0.05) is 22.8 Å². The monoisotopic (exact) mass is 385 g/mol. The minimum atomic E-state index is -0.326. The molecule has 0 spiro atoms. The van der Waals surface area contributed by atoms with Gasteiger partial charge in [0.25, 0.3) is 0 Å². The molecule has 4 rings (SSSR count). The number of aromatic nitrogens is 1. The van der Waals surface area contributed by atoms with Gasteiger partial charge in [-0.1, -0.05) is 48.5 Å². The van der Waals surface area contributed by atoms with E-state index in [1.807, 2.05) is 36.6 Å². The van der Waals surface area contributed by atoms with Gasteiger partial charge in [0.1, 0.15) is 22.5 Å². The third-order valence-electron chi connectivity index (χ3n) is 4.49. The largest absolute Gasteiger partial charge is 0.360 e. The van der Waals surface area contributed by atoms with Crippen molar-refractivity contribution in [1.29, 1.82) is 5.26 Å². The molecule has 1 heterocycles. The fraction of sp³-hybridized carbons (Fsp3) is 0.0435. The van der Waals surface area contributed by atoms with Crippen LogP contribution in [-0.2, 0) is 0 Å². The molecule has 5 heteroatoms. The van der Waals surface area contributed by atoms with Crippen molar-refractivity contribution in [2.75, 3.05) is 5.32 Å². The van der Waals surface area contributed by atoms with Crippen LogP contribution in [0.25, 0.3) is 27.6 Å². The van der Waals surface area contributed by atoms with Gasteiger partial charge in [-0.25, -0.2) is 9.37 Å². The molecule has 0 aliphatic rings. The average molecular weight is 385 g/mol. The first-order valence-electron chi connectivity index (χ1n) is 8.73. The Morgan fingerprint density at radius 3 is 2.82 bits per heavy atom. The van der Waals surface area contributed by atoms with Gasteiger partial charge in [0.15, 0.2) is 0 Å². The lowest BCUT2D eigenvalue weighted by Gasteiger charge is -2.06. The van der Waals surface area contributed by atoms with E-state index in [1.165, 1.54) is 23.5 Å². The number of nitrogens with one attached hydrogen (secondary N) is 1. The highest BCUT2D eigenvalue weighted by molar-refractivity contribution is 7.11. The number of fused-ring (bicyclic) bond motifs is 1. The fourth-order valence-corrected chi connectivity index (χ4v) is 3.80. The summed E-state index contributed by atoms with van der Waals surface area (Å²) in [6, 6.07) is 20.9. The number of hydrogen-bond acceptors (Lipinski definition) is 4. The van der Waals surface area contributed by atoms with Crippen LogP contribution in [0.1, 0.15) is 10.6 Å². The molecule has 0 atom stereocenters. The van der Waals surface area contributed by atoms with Crippen molar-refractivity contribution in [1.82, 2.24) is 4.98 Å². The predicted octanol–water partition coefficient (Wildman–Crippen LogP) is 6.39. The predicted molar refractivity (Wildman–Crippen MR) is 113 cm³/mol. The van der Waals surface area contributed by atoms with Crippen LogP contribution in [0.3, 0.4) is 0 Å². The van der Waals surface area contributed by atoms with E-state index in [2.05, 4.69) is 34.6 Å². The maximum Gasteiger partial charge on any atom is 0.136 e. The van der Waals surface area contributed by atoms with Crippen molar-refractivity contribution in [2.24, 2.45) is 0 Å². The summed E-state index contributed by atoms with van der Waals surface area (Å²) in [5, 5.41) is 17.4. The number of nitriles is 1. The van der Waals surface area contributed by atoms with Crippen molar-refractivity contribution < 1.29 is 4.39 Å². The van der Waals surface area contributed by atoms with Crippen molar-refractivity contribution in [2.45, 2.75) is 6.92 Å². The molecule has 0 saturated carbocycles. The molecule has 0 bridgehead atoms. The molecule has 0 fully saturated rings. The van der Waals surface area contributed by atoms with Gasteiger partial charge in [-0.2, -0.15) is 5.26 Å². The van der Waals surface area contributed by atoms with E-state index in [0.29, 0.717) is 16.3 Å². The average Bonchev–Trinajstić information content (AvgIpc) is 3.20. The summed E-state index contributed by atoms with van der Waals surface area (Å²) in [5.74, 6) is -0.326. The zero-order valence-electron chi connectivity index (χ0n) is 15.1. The number of thiazole rings is 1. The van der Waals surface area contributed by atoms with Gasteiger partial charge in [-0.3, -0.25) is 0 Å². The first-order valence-corrected chi connectivity index (χ1v) is 9.60. The summed E-state index contributed by atoms with van der Waals surface area (Å²) < 4.78 is 13.5. The first kappa shape index (κ1) is 17.9. The number of anilines is 1. The molecule has 1 aromatic heterocycles. The lowest BCUT2D eigenvalue weighted by atomic mass is 10.0. The zero-order chi connectivity index (χ0) is 19.5. The maximum atomic E-state index is 13.5. The minimum absolute atomic E-state index is 0.326. The van der Waals surface area contributed by atoms with Crippen LogP contribution in [0.5, 0.6) is 0 Å². The van der Waals surface area contributed by atoms with Crippen LogP contribution in [0.2, 0.25) is 0 Å². The number of allylic oxidation sites excluding steroid dienone is 1. The molecular weight excluding hydrogens is 369 g/mol. The topological polar surface area (TPSA) is 48.7 Å². The Morgan fingerprint density at radius 1 is 1.14 bits per heavy atom. The van der Waals surface area contributed by atoms with Crippen molar-refractivity contribution in [3.63, 3.8) is 0 Å².